The van der Waals surface area contributed by atoms with Crippen LogP contribution in [0.3, 0.4) is 0 Å². The molecule has 1 heterocycles. The molecule has 1 aromatic carbocycles. The minimum Gasteiger partial charge on any atom is -0.496 e. The third kappa shape index (κ3) is 3.49. The normalized spacial score (nSPS) is 22.4. The first-order valence-corrected chi connectivity index (χ1v) is 6.88. The molecule has 0 radical (unpaired) electrons. The van der Waals surface area contributed by atoms with Crippen molar-refractivity contribution in [2.75, 3.05) is 20.3 Å². The molecule has 1 aliphatic rings. The Hall–Kier alpha value is -1.59. The van der Waals surface area contributed by atoms with Gasteiger partial charge in [0.2, 0.25) is 5.91 Å². The van der Waals surface area contributed by atoms with Gasteiger partial charge in [-0.05, 0) is 31.0 Å². The van der Waals surface area contributed by atoms with Gasteiger partial charge in [-0.2, -0.15) is 0 Å². The van der Waals surface area contributed by atoms with Gasteiger partial charge in [0, 0.05) is 13.1 Å². The van der Waals surface area contributed by atoms with Crippen LogP contribution in [0.1, 0.15) is 18.1 Å². The van der Waals surface area contributed by atoms with E-state index in [0.717, 1.165) is 16.9 Å². The molecule has 0 unspecified atom stereocenters. The molecule has 1 fully saturated rings. The summed E-state index contributed by atoms with van der Waals surface area (Å²) in [6.07, 6.45) is -0.101. The van der Waals surface area contributed by atoms with Gasteiger partial charge in [0.05, 0.1) is 19.8 Å². The summed E-state index contributed by atoms with van der Waals surface area (Å²) in [5, 5.41) is 6.11. The molecule has 5 nitrogen and oxygen atoms in total. The second-order valence-electron chi connectivity index (χ2n) is 5.03. The summed E-state index contributed by atoms with van der Waals surface area (Å²) in [6.45, 7) is 5.75. The lowest BCUT2D eigenvalue weighted by Crippen LogP contribution is -2.55. The molecular formula is C15H22N2O3. The van der Waals surface area contributed by atoms with Crippen molar-refractivity contribution in [2.45, 2.75) is 32.5 Å². The Labute approximate surface area is 119 Å². The summed E-state index contributed by atoms with van der Waals surface area (Å²) in [7, 11) is 1.65. The number of ether oxygens (including phenoxy) is 2. The lowest BCUT2D eigenvalue weighted by Gasteiger charge is -2.29. The number of amides is 1. The predicted molar refractivity (Wildman–Crippen MR) is 76.8 cm³/mol. The van der Waals surface area contributed by atoms with E-state index in [1.165, 1.54) is 0 Å². The second-order valence-corrected chi connectivity index (χ2v) is 5.03. The van der Waals surface area contributed by atoms with Crippen LogP contribution in [-0.2, 0) is 16.1 Å². The fraction of sp³-hybridized carbons (Fsp3) is 0.533. The van der Waals surface area contributed by atoms with Gasteiger partial charge < -0.3 is 20.1 Å². The lowest BCUT2D eigenvalue weighted by molar-refractivity contribution is -0.129. The van der Waals surface area contributed by atoms with Crippen LogP contribution in [0.2, 0.25) is 0 Å². The highest BCUT2D eigenvalue weighted by molar-refractivity contribution is 5.82. The SMILES string of the molecule is COc1cc(CNC(=O)[C@H]2NCCO[C@@H]2C)ccc1C. The number of hydrogen-bond acceptors (Lipinski definition) is 4. The minimum absolute atomic E-state index is 0.0308. The molecule has 1 aliphatic heterocycles. The number of rotatable bonds is 4. The van der Waals surface area contributed by atoms with Crippen molar-refractivity contribution in [2.24, 2.45) is 0 Å². The van der Waals surface area contributed by atoms with Crippen molar-refractivity contribution in [3.05, 3.63) is 29.3 Å². The smallest absolute Gasteiger partial charge is 0.240 e. The van der Waals surface area contributed by atoms with Crippen LogP contribution in [0.15, 0.2) is 18.2 Å². The lowest BCUT2D eigenvalue weighted by atomic mass is 10.1. The Morgan fingerprint density at radius 2 is 2.35 bits per heavy atom. The van der Waals surface area contributed by atoms with Crippen LogP contribution < -0.4 is 15.4 Å². The molecule has 2 N–H and O–H groups in total. The molecule has 110 valence electrons. The minimum atomic E-state index is -0.281. The Morgan fingerprint density at radius 1 is 1.55 bits per heavy atom. The van der Waals surface area contributed by atoms with Gasteiger partial charge in [0.15, 0.2) is 0 Å². The number of benzene rings is 1. The van der Waals surface area contributed by atoms with Gasteiger partial charge in [-0.25, -0.2) is 0 Å². The van der Waals surface area contributed by atoms with Gasteiger partial charge in [0.1, 0.15) is 11.8 Å². The molecule has 2 rings (SSSR count). The van der Waals surface area contributed by atoms with E-state index in [0.29, 0.717) is 19.7 Å². The van der Waals surface area contributed by atoms with Crippen LogP contribution in [0.4, 0.5) is 0 Å². The Morgan fingerprint density at radius 3 is 3.05 bits per heavy atom. The van der Waals surface area contributed by atoms with Crippen molar-refractivity contribution < 1.29 is 14.3 Å². The monoisotopic (exact) mass is 278 g/mol. The molecule has 0 aromatic heterocycles. The largest absolute Gasteiger partial charge is 0.496 e. The summed E-state index contributed by atoms with van der Waals surface area (Å²) < 4.78 is 10.8. The standard InChI is InChI=1S/C15H22N2O3/c1-10-4-5-12(8-13(10)19-3)9-17-15(18)14-11(2)20-7-6-16-14/h4-5,8,11,14,16H,6-7,9H2,1-3H3,(H,17,18)/t11-,14+/m1/s1. The molecule has 1 saturated heterocycles. The van der Waals surface area contributed by atoms with Gasteiger partial charge in [0.25, 0.3) is 0 Å². The molecule has 1 aromatic rings. The molecule has 0 aliphatic carbocycles. The Bertz CT molecular complexity index is 476. The van der Waals surface area contributed by atoms with Crippen LogP contribution in [0.5, 0.6) is 5.75 Å². The predicted octanol–water partition coefficient (Wildman–Crippen LogP) is 0.997. The third-order valence-electron chi connectivity index (χ3n) is 3.54. The third-order valence-corrected chi connectivity index (χ3v) is 3.54. The number of aryl methyl sites for hydroxylation is 1. The van der Waals surface area contributed by atoms with Gasteiger partial charge >= 0.3 is 0 Å². The second kappa shape index (κ2) is 6.72. The van der Waals surface area contributed by atoms with Crippen LogP contribution in [0.25, 0.3) is 0 Å². The number of morpholine rings is 1. The molecular weight excluding hydrogens is 256 g/mol. The van der Waals surface area contributed by atoms with E-state index < -0.39 is 0 Å². The van der Waals surface area contributed by atoms with Crippen LogP contribution >= 0.6 is 0 Å². The summed E-state index contributed by atoms with van der Waals surface area (Å²) in [5.41, 5.74) is 2.10. The van der Waals surface area contributed by atoms with Crippen LogP contribution in [-0.4, -0.2) is 38.3 Å². The van der Waals surface area contributed by atoms with E-state index in [9.17, 15) is 4.79 Å². The topological polar surface area (TPSA) is 59.6 Å². The molecule has 0 spiro atoms. The molecule has 1 amide bonds. The first kappa shape index (κ1) is 14.8. The molecule has 20 heavy (non-hydrogen) atoms. The number of nitrogens with one attached hydrogen (secondary N) is 2. The van der Waals surface area contributed by atoms with Gasteiger partial charge in [-0.1, -0.05) is 12.1 Å². The maximum absolute atomic E-state index is 12.1. The van der Waals surface area contributed by atoms with Crippen LogP contribution in [0, 0.1) is 6.92 Å². The summed E-state index contributed by atoms with van der Waals surface area (Å²) >= 11 is 0. The summed E-state index contributed by atoms with van der Waals surface area (Å²) in [6, 6.07) is 5.65. The van der Waals surface area contributed by atoms with Crippen molar-refractivity contribution in [3.8, 4) is 5.75 Å². The zero-order chi connectivity index (χ0) is 14.5. The first-order chi connectivity index (χ1) is 9.61. The highest BCUT2D eigenvalue weighted by Crippen LogP contribution is 2.18. The van der Waals surface area contributed by atoms with E-state index in [4.69, 9.17) is 9.47 Å². The van der Waals surface area contributed by atoms with Crippen molar-refractivity contribution in [1.29, 1.82) is 0 Å². The fourth-order valence-corrected chi connectivity index (χ4v) is 2.30. The number of methoxy groups -OCH3 is 1. The maximum Gasteiger partial charge on any atom is 0.240 e. The molecule has 2 atom stereocenters. The molecule has 0 bridgehead atoms. The number of hydrogen-bond donors (Lipinski definition) is 2. The van der Waals surface area contributed by atoms with E-state index >= 15 is 0 Å². The van der Waals surface area contributed by atoms with E-state index in [-0.39, 0.29) is 18.1 Å². The Kier molecular flexibility index (Phi) is 4.98. The zero-order valence-corrected chi connectivity index (χ0v) is 12.2. The molecule has 5 heteroatoms. The number of carbonyl (C=O) groups excluding carboxylic acids is 1. The average Bonchev–Trinajstić information content (AvgIpc) is 2.46. The summed E-state index contributed by atoms with van der Waals surface area (Å²) in [5.74, 6) is 0.806. The summed E-state index contributed by atoms with van der Waals surface area (Å²) in [4.78, 5) is 12.1. The molecule has 0 saturated carbocycles. The fourth-order valence-electron chi connectivity index (χ4n) is 2.30. The van der Waals surface area contributed by atoms with E-state index in [1.807, 2.05) is 32.0 Å². The number of carbonyl (C=O) groups is 1. The van der Waals surface area contributed by atoms with Crippen molar-refractivity contribution in [3.63, 3.8) is 0 Å². The first-order valence-electron chi connectivity index (χ1n) is 6.88. The Balaban J connectivity index is 1.92. The van der Waals surface area contributed by atoms with Gasteiger partial charge in [-0.15, -0.1) is 0 Å². The highest BCUT2D eigenvalue weighted by Gasteiger charge is 2.27. The average molecular weight is 278 g/mol. The van der Waals surface area contributed by atoms with Crippen molar-refractivity contribution in [1.82, 2.24) is 10.6 Å². The zero-order valence-electron chi connectivity index (χ0n) is 12.2. The maximum atomic E-state index is 12.1. The van der Waals surface area contributed by atoms with Gasteiger partial charge in [-0.3, -0.25) is 4.79 Å². The quantitative estimate of drug-likeness (QED) is 0.862. The van der Waals surface area contributed by atoms with E-state index in [1.54, 1.807) is 7.11 Å². The van der Waals surface area contributed by atoms with E-state index in [2.05, 4.69) is 10.6 Å². The highest BCUT2D eigenvalue weighted by atomic mass is 16.5. The van der Waals surface area contributed by atoms with Crippen molar-refractivity contribution >= 4 is 5.91 Å².